The fourth-order valence-electron chi connectivity index (χ4n) is 3.41. The molecule has 0 aliphatic rings. The first-order chi connectivity index (χ1) is 18.7. The molecule has 0 spiro atoms. The third kappa shape index (κ3) is 9.12. The molecule has 2 heterocycles. The molecule has 0 aliphatic carbocycles. The quantitative estimate of drug-likeness (QED) is 0.338. The van der Waals surface area contributed by atoms with Gasteiger partial charge in [-0.05, 0) is 57.2 Å². The SMILES string of the molecule is COCCN(Cc1ccc(NC(=O)NCc2cc(C(F)(F)F)nn2-c2cccc(Cl)c2)cn1)C(=O)OC(C)(C)C. The molecular formula is C26H30ClF3N6O4. The number of aromatic nitrogens is 3. The number of hydrogen-bond acceptors (Lipinski definition) is 6. The van der Waals surface area contributed by atoms with Gasteiger partial charge in [0.2, 0.25) is 0 Å². The number of nitrogens with one attached hydrogen (secondary N) is 2. The summed E-state index contributed by atoms with van der Waals surface area (Å²) in [5.41, 5.74) is -0.492. The molecule has 3 amide bonds. The summed E-state index contributed by atoms with van der Waals surface area (Å²) >= 11 is 5.98. The van der Waals surface area contributed by atoms with E-state index in [1.54, 1.807) is 51.1 Å². The number of amides is 3. The van der Waals surface area contributed by atoms with E-state index in [0.717, 1.165) is 10.7 Å². The van der Waals surface area contributed by atoms with E-state index in [4.69, 9.17) is 21.1 Å². The Morgan fingerprint density at radius 3 is 2.48 bits per heavy atom. The second kappa shape index (κ2) is 13.0. The lowest BCUT2D eigenvalue weighted by Gasteiger charge is -2.27. The van der Waals surface area contributed by atoms with Crippen LogP contribution in [0.3, 0.4) is 0 Å². The third-order valence-electron chi connectivity index (χ3n) is 5.21. The second-order valence-electron chi connectivity index (χ2n) is 9.65. The lowest BCUT2D eigenvalue weighted by Crippen LogP contribution is -2.38. The number of benzene rings is 1. The molecule has 0 saturated carbocycles. The molecular weight excluding hydrogens is 553 g/mol. The van der Waals surface area contributed by atoms with E-state index in [-0.39, 0.29) is 25.3 Å². The molecule has 3 rings (SSSR count). The van der Waals surface area contributed by atoms with E-state index in [1.807, 2.05) is 0 Å². The Morgan fingerprint density at radius 2 is 1.88 bits per heavy atom. The van der Waals surface area contributed by atoms with Gasteiger partial charge in [-0.2, -0.15) is 18.3 Å². The van der Waals surface area contributed by atoms with Gasteiger partial charge in [0, 0.05) is 18.7 Å². The van der Waals surface area contributed by atoms with E-state index >= 15 is 0 Å². The van der Waals surface area contributed by atoms with Gasteiger partial charge in [-0.1, -0.05) is 17.7 Å². The molecule has 0 unspecified atom stereocenters. The van der Waals surface area contributed by atoms with Crippen LogP contribution in [0.4, 0.5) is 28.4 Å². The molecule has 40 heavy (non-hydrogen) atoms. The topological polar surface area (TPSA) is 111 Å². The van der Waals surface area contributed by atoms with Gasteiger partial charge in [-0.25, -0.2) is 14.3 Å². The predicted octanol–water partition coefficient (Wildman–Crippen LogP) is 5.64. The van der Waals surface area contributed by atoms with Crippen molar-refractivity contribution in [1.29, 1.82) is 0 Å². The van der Waals surface area contributed by atoms with Crippen LogP contribution in [0.5, 0.6) is 0 Å². The van der Waals surface area contributed by atoms with E-state index in [1.165, 1.54) is 24.3 Å². The van der Waals surface area contributed by atoms with Crippen molar-refractivity contribution >= 4 is 29.4 Å². The Labute approximate surface area is 234 Å². The van der Waals surface area contributed by atoms with Crippen molar-refractivity contribution in [2.45, 2.75) is 45.6 Å². The molecule has 0 bridgehead atoms. The van der Waals surface area contributed by atoms with Gasteiger partial charge in [0.15, 0.2) is 5.69 Å². The van der Waals surface area contributed by atoms with Gasteiger partial charge in [0.25, 0.3) is 0 Å². The summed E-state index contributed by atoms with van der Waals surface area (Å²) in [5.74, 6) is 0. The number of ether oxygens (including phenoxy) is 2. The molecule has 3 aromatic rings. The lowest BCUT2D eigenvalue weighted by molar-refractivity contribution is -0.141. The van der Waals surface area contributed by atoms with Crippen LogP contribution < -0.4 is 10.6 Å². The third-order valence-corrected chi connectivity index (χ3v) is 5.44. The summed E-state index contributed by atoms with van der Waals surface area (Å²) in [6.07, 6.45) is -3.79. The van der Waals surface area contributed by atoms with E-state index < -0.39 is 29.6 Å². The first kappa shape index (κ1) is 30.7. The minimum absolute atomic E-state index is 0.0940. The molecule has 10 nitrogen and oxygen atoms in total. The molecule has 0 saturated heterocycles. The van der Waals surface area contributed by atoms with E-state index in [0.29, 0.717) is 28.7 Å². The van der Waals surface area contributed by atoms with Crippen molar-refractivity contribution < 1.29 is 32.2 Å². The Balaban J connectivity index is 1.64. The summed E-state index contributed by atoms with van der Waals surface area (Å²) < 4.78 is 51.5. The molecule has 0 atom stereocenters. The Morgan fingerprint density at radius 1 is 1.12 bits per heavy atom. The number of hydrogen-bond donors (Lipinski definition) is 2. The molecule has 0 fully saturated rings. The predicted molar refractivity (Wildman–Crippen MR) is 142 cm³/mol. The highest BCUT2D eigenvalue weighted by molar-refractivity contribution is 6.30. The van der Waals surface area contributed by atoms with Crippen molar-refractivity contribution in [1.82, 2.24) is 25.0 Å². The Kier molecular flexibility index (Phi) is 9.98. The smallest absolute Gasteiger partial charge is 0.435 e. The Bertz CT molecular complexity index is 1310. The van der Waals surface area contributed by atoms with Crippen LogP contribution >= 0.6 is 11.6 Å². The van der Waals surface area contributed by atoms with Crippen molar-refractivity contribution in [2.24, 2.45) is 0 Å². The van der Waals surface area contributed by atoms with Gasteiger partial charge in [-0.15, -0.1) is 0 Å². The van der Waals surface area contributed by atoms with Crippen molar-refractivity contribution in [3.8, 4) is 5.69 Å². The van der Waals surface area contributed by atoms with Crippen LogP contribution in [-0.2, 0) is 28.7 Å². The number of anilines is 1. The number of pyridine rings is 1. The normalized spacial score (nSPS) is 11.7. The number of methoxy groups -OCH3 is 1. The minimum atomic E-state index is -4.67. The van der Waals surface area contributed by atoms with Gasteiger partial charge >= 0.3 is 18.3 Å². The number of rotatable bonds is 9. The van der Waals surface area contributed by atoms with Crippen LogP contribution in [0.1, 0.15) is 37.9 Å². The maximum Gasteiger partial charge on any atom is 0.435 e. The van der Waals surface area contributed by atoms with Crippen LogP contribution in [0.15, 0.2) is 48.7 Å². The highest BCUT2D eigenvalue weighted by Crippen LogP contribution is 2.30. The molecule has 0 radical (unpaired) electrons. The maximum absolute atomic E-state index is 13.3. The second-order valence-corrected chi connectivity index (χ2v) is 10.1. The fraction of sp³-hybridized carbons (Fsp3) is 0.385. The standard InChI is InChI=1S/C26H30ClF3N6O4/c1-25(2,3)40-24(38)35(10-11-39-4)16-19-9-8-18(14-31-19)33-23(37)32-15-21-13-22(26(28,29)30)34-36(21)20-7-5-6-17(27)12-20/h5-9,12-14H,10-11,15-16H2,1-4H3,(H2,32,33,37). The molecule has 0 aliphatic heterocycles. The average molecular weight is 583 g/mol. The molecule has 14 heteroatoms. The van der Waals surface area contributed by atoms with Gasteiger partial charge < -0.3 is 20.1 Å². The number of nitrogens with zero attached hydrogens (tertiary/aromatic N) is 4. The first-order valence-electron chi connectivity index (χ1n) is 12.1. The minimum Gasteiger partial charge on any atom is -0.444 e. The maximum atomic E-state index is 13.3. The van der Waals surface area contributed by atoms with Gasteiger partial charge in [0.1, 0.15) is 5.60 Å². The van der Waals surface area contributed by atoms with Crippen molar-refractivity contribution in [3.05, 3.63) is 70.8 Å². The van der Waals surface area contributed by atoms with Crippen LogP contribution in [0.25, 0.3) is 5.69 Å². The van der Waals surface area contributed by atoms with Crippen LogP contribution in [-0.4, -0.2) is 57.7 Å². The fourth-order valence-corrected chi connectivity index (χ4v) is 3.60. The zero-order valence-electron chi connectivity index (χ0n) is 22.4. The summed E-state index contributed by atoms with van der Waals surface area (Å²) in [6.45, 7) is 5.80. The highest BCUT2D eigenvalue weighted by atomic mass is 35.5. The number of urea groups is 1. The first-order valence-corrected chi connectivity index (χ1v) is 12.5. The summed E-state index contributed by atoms with van der Waals surface area (Å²) in [6, 6.07) is 9.58. The number of halogens is 4. The van der Waals surface area contributed by atoms with Crippen LogP contribution in [0.2, 0.25) is 5.02 Å². The van der Waals surface area contributed by atoms with Crippen molar-refractivity contribution in [3.63, 3.8) is 0 Å². The summed E-state index contributed by atoms with van der Waals surface area (Å²) in [5, 5.41) is 9.06. The van der Waals surface area contributed by atoms with E-state index in [2.05, 4.69) is 20.7 Å². The number of alkyl halides is 3. The highest BCUT2D eigenvalue weighted by Gasteiger charge is 2.35. The van der Waals surface area contributed by atoms with Crippen molar-refractivity contribution in [2.75, 3.05) is 25.6 Å². The number of carbonyl (C=O) groups is 2. The molecule has 2 N–H and O–H groups in total. The summed E-state index contributed by atoms with van der Waals surface area (Å²) in [7, 11) is 1.53. The van der Waals surface area contributed by atoms with Crippen LogP contribution in [0, 0.1) is 0 Å². The summed E-state index contributed by atoms with van der Waals surface area (Å²) in [4.78, 5) is 30.8. The zero-order chi connectivity index (χ0) is 29.5. The molecule has 1 aromatic carbocycles. The van der Waals surface area contributed by atoms with Gasteiger partial charge in [0.05, 0.1) is 48.7 Å². The average Bonchev–Trinajstić information content (AvgIpc) is 3.30. The zero-order valence-corrected chi connectivity index (χ0v) is 23.1. The lowest BCUT2D eigenvalue weighted by atomic mass is 10.2. The number of carbonyl (C=O) groups excluding carboxylic acids is 2. The largest absolute Gasteiger partial charge is 0.444 e. The Hall–Kier alpha value is -3.84. The monoisotopic (exact) mass is 582 g/mol. The molecule has 2 aromatic heterocycles. The van der Waals surface area contributed by atoms with E-state index in [9.17, 15) is 22.8 Å². The van der Waals surface area contributed by atoms with Gasteiger partial charge in [-0.3, -0.25) is 9.88 Å². The molecule has 216 valence electrons.